The highest BCUT2D eigenvalue weighted by molar-refractivity contribution is 7.80. The summed E-state index contributed by atoms with van der Waals surface area (Å²) < 4.78 is 35.5. The summed E-state index contributed by atoms with van der Waals surface area (Å²) in [7, 11) is 5.10. The average molecular weight is 764 g/mol. The van der Waals surface area contributed by atoms with Gasteiger partial charge in [-0.15, -0.1) is 0 Å². The lowest BCUT2D eigenvalue weighted by molar-refractivity contribution is -0.155. The van der Waals surface area contributed by atoms with Crippen molar-refractivity contribution in [2.45, 2.75) is 77.2 Å². The van der Waals surface area contributed by atoms with E-state index in [0.717, 1.165) is 22.3 Å². The Kier molecular flexibility index (Phi) is 10.1. The number of methoxy groups -OCH3 is 2. The van der Waals surface area contributed by atoms with E-state index >= 15 is 0 Å². The van der Waals surface area contributed by atoms with E-state index in [1.165, 1.54) is 14.0 Å². The van der Waals surface area contributed by atoms with Gasteiger partial charge in [0.25, 0.3) is 0 Å². The third-order valence-electron chi connectivity index (χ3n) is 11.8. The molecule has 290 valence electrons. The van der Waals surface area contributed by atoms with Gasteiger partial charge in [-0.3, -0.25) is 19.9 Å². The molecule has 4 aliphatic rings. The van der Waals surface area contributed by atoms with Crippen molar-refractivity contribution in [1.82, 2.24) is 15.1 Å². The number of nitrogens with one attached hydrogen (secondary N) is 1. The number of hydrogen-bond donors (Lipinski definition) is 4. The Morgan fingerprint density at radius 1 is 1.06 bits per heavy atom. The van der Waals surface area contributed by atoms with Crippen LogP contribution in [0, 0.1) is 20.8 Å². The number of rotatable bonds is 9. The normalized spacial score (nSPS) is 23.6. The van der Waals surface area contributed by atoms with Gasteiger partial charge < -0.3 is 38.6 Å². The number of phenols is 2. The van der Waals surface area contributed by atoms with Crippen molar-refractivity contribution in [1.29, 1.82) is 0 Å². The summed E-state index contributed by atoms with van der Waals surface area (Å²) >= 11 is 4.67. The van der Waals surface area contributed by atoms with E-state index in [4.69, 9.17) is 28.4 Å². The largest absolute Gasteiger partial charge is 0.504 e. The van der Waals surface area contributed by atoms with E-state index in [2.05, 4.69) is 47.8 Å². The maximum Gasteiger partial charge on any atom is 0.331 e. The fourth-order valence-electron chi connectivity index (χ4n) is 9.26. The molecule has 1 saturated heterocycles. The monoisotopic (exact) mass is 763 g/mol. The van der Waals surface area contributed by atoms with Crippen LogP contribution in [0.4, 0.5) is 0 Å². The summed E-state index contributed by atoms with van der Waals surface area (Å²) in [6, 6.07) is 4.36. The van der Waals surface area contributed by atoms with Gasteiger partial charge in [0.15, 0.2) is 40.0 Å². The van der Waals surface area contributed by atoms with Gasteiger partial charge in [0.1, 0.15) is 12.4 Å². The number of benzene rings is 3. The average Bonchev–Trinajstić information content (AvgIpc) is 3.62. The number of thiol groups is 1. The van der Waals surface area contributed by atoms with Gasteiger partial charge in [-0.25, -0.2) is 4.79 Å². The molecule has 3 N–H and O–H groups in total. The first-order valence-electron chi connectivity index (χ1n) is 18.2. The summed E-state index contributed by atoms with van der Waals surface area (Å²) in [5, 5.41) is 25.6. The fraction of sp³-hybridized carbons (Fsp3) is 0.500. The number of ether oxygens (including phenoxy) is 6. The van der Waals surface area contributed by atoms with E-state index in [1.807, 2.05) is 20.8 Å². The van der Waals surface area contributed by atoms with Crippen LogP contribution in [-0.4, -0.2) is 97.5 Å². The molecule has 0 amide bonds. The molecular formula is C40H49N3O10S. The van der Waals surface area contributed by atoms with Crippen molar-refractivity contribution in [2.75, 3.05) is 53.5 Å². The van der Waals surface area contributed by atoms with Crippen LogP contribution in [0.1, 0.15) is 70.4 Å². The molecule has 14 heteroatoms. The highest BCUT2D eigenvalue weighted by Crippen LogP contribution is 2.54. The number of phenolic OH excluding ortho intramolecular Hbond substituents is 2. The van der Waals surface area contributed by atoms with Gasteiger partial charge in [0.2, 0.25) is 6.79 Å². The first-order chi connectivity index (χ1) is 25.8. The van der Waals surface area contributed by atoms with E-state index in [-0.39, 0.29) is 54.5 Å². The molecule has 13 nitrogen and oxygen atoms in total. The van der Waals surface area contributed by atoms with Crippen LogP contribution in [0.2, 0.25) is 0 Å². The predicted octanol–water partition coefficient (Wildman–Crippen LogP) is 4.55. The minimum Gasteiger partial charge on any atom is -0.504 e. The van der Waals surface area contributed by atoms with E-state index < -0.39 is 23.5 Å². The highest BCUT2D eigenvalue weighted by atomic mass is 32.1. The van der Waals surface area contributed by atoms with Crippen molar-refractivity contribution in [3.8, 4) is 40.2 Å². The first kappa shape index (κ1) is 37.9. The molecule has 0 radical (unpaired) electrons. The molecule has 1 fully saturated rings. The number of carbonyl (C=O) groups is 2. The zero-order chi connectivity index (χ0) is 38.8. The first-order valence-corrected chi connectivity index (χ1v) is 18.8. The second-order valence-electron chi connectivity index (χ2n) is 14.7. The number of carbonyl (C=O) groups excluding carboxylic acids is 2. The number of aromatic hydroxyl groups is 2. The molecule has 0 aliphatic carbocycles. The molecule has 7 rings (SSSR count). The van der Waals surface area contributed by atoms with Crippen molar-refractivity contribution in [3.05, 3.63) is 62.7 Å². The Morgan fingerprint density at radius 2 is 1.80 bits per heavy atom. The Bertz CT molecular complexity index is 2020. The molecule has 0 aromatic heterocycles. The molecular weight excluding hydrogens is 715 g/mol. The molecule has 0 spiro atoms. The molecule has 0 saturated carbocycles. The summed E-state index contributed by atoms with van der Waals surface area (Å²) in [6.45, 7) is 10.0. The maximum atomic E-state index is 14.6. The van der Waals surface area contributed by atoms with E-state index in [0.29, 0.717) is 71.2 Å². The third kappa shape index (κ3) is 5.89. The van der Waals surface area contributed by atoms with Gasteiger partial charge in [0, 0.05) is 60.1 Å². The molecule has 5 atom stereocenters. The van der Waals surface area contributed by atoms with Crippen molar-refractivity contribution < 1.29 is 48.2 Å². The third-order valence-corrected chi connectivity index (χ3v) is 12.3. The number of fused-ring (bicyclic) bond motifs is 6. The van der Waals surface area contributed by atoms with Gasteiger partial charge >= 0.3 is 11.9 Å². The molecule has 4 unspecified atom stereocenters. The zero-order valence-corrected chi connectivity index (χ0v) is 32.9. The van der Waals surface area contributed by atoms with Crippen molar-refractivity contribution >= 4 is 24.6 Å². The summed E-state index contributed by atoms with van der Waals surface area (Å²) in [5.41, 5.74) is 4.82. The smallest absolute Gasteiger partial charge is 0.331 e. The predicted molar refractivity (Wildman–Crippen MR) is 203 cm³/mol. The van der Waals surface area contributed by atoms with E-state index in [1.54, 1.807) is 19.2 Å². The minimum atomic E-state index is -1.33. The number of aryl methyl sites for hydroxylation is 1. The molecule has 4 heterocycles. The topological polar surface area (TPSA) is 148 Å². The van der Waals surface area contributed by atoms with Gasteiger partial charge in [0.05, 0.1) is 26.3 Å². The van der Waals surface area contributed by atoms with Crippen molar-refractivity contribution in [3.63, 3.8) is 0 Å². The second kappa shape index (κ2) is 14.4. The number of hydrogen-bond acceptors (Lipinski definition) is 14. The molecule has 3 aromatic carbocycles. The second-order valence-corrected chi connectivity index (χ2v) is 15.1. The zero-order valence-electron chi connectivity index (χ0n) is 32.0. The fourth-order valence-corrected chi connectivity index (χ4v) is 9.67. The maximum absolute atomic E-state index is 14.6. The number of likely N-dealkylation sites (N-methyl/N-ethyl adjacent to an activating group) is 1. The minimum absolute atomic E-state index is 0.0101. The lowest BCUT2D eigenvalue weighted by Gasteiger charge is -2.55. The summed E-state index contributed by atoms with van der Waals surface area (Å²) in [4.78, 5) is 31.6. The molecule has 4 aliphatic heterocycles. The van der Waals surface area contributed by atoms with Gasteiger partial charge in [-0.2, -0.15) is 12.6 Å². The number of esters is 2. The van der Waals surface area contributed by atoms with Crippen LogP contribution < -0.4 is 29.0 Å². The van der Waals surface area contributed by atoms with Gasteiger partial charge in [-0.1, -0.05) is 6.07 Å². The SMILES string of the molecule is COc1cc2c(cc1O)CCN[C@@]2(CS)C(=O)OCC(c1c(C)c(OC(C)=O)c(C)c2c1OCO2)N1CC2Cc3cc(C)c(OC)c(O)c3C(C1C)N2C. The standard InChI is InChI=1S/C40H49N3O10S/c1-19-11-25-12-26-15-43(22(4)33(42(26)6)32(25)34(46)35(19)49-8)28(31-20(2)36(53-23(5)44)21(3)37-38(31)52-18-51-37)16-50-39(47)40(17-54)27-14-30(48-7)29(45)13-24(27)9-10-41-40/h11,13-14,22,26,28,33,41,45-46,54H,9-10,12,15-18H2,1-8H3/t22?,26?,28?,33?,40-/m1/s1. The Labute approximate surface area is 320 Å². The van der Waals surface area contributed by atoms with Crippen LogP contribution in [0.15, 0.2) is 18.2 Å². The van der Waals surface area contributed by atoms with Crippen LogP contribution in [0.5, 0.6) is 40.2 Å². The van der Waals surface area contributed by atoms with Crippen LogP contribution >= 0.6 is 12.6 Å². The van der Waals surface area contributed by atoms with E-state index in [9.17, 15) is 19.8 Å². The van der Waals surface area contributed by atoms with Crippen LogP contribution in [-0.2, 0) is 32.7 Å². The van der Waals surface area contributed by atoms with Crippen LogP contribution in [0.25, 0.3) is 0 Å². The molecule has 3 aromatic rings. The summed E-state index contributed by atoms with van der Waals surface area (Å²) in [6.07, 6.45) is 1.27. The Morgan fingerprint density at radius 3 is 2.48 bits per heavy atom. The highest BCUT2D eigenvalue weighted by Gasteiger charge is 2.50. The molecule has 54 heavy (non-hydrogen) atoms. The van der Waals surface area contributed by atoms with Gasteiger partial charge in [-0.05, 0) is 82.0 Å². The number of piperazine rings is 1. The summed E-state index contributed by atoms with van der Waals surface area (Å²) in [5.74, 6) is 1.20. The van der Waals surface area contributed by atoms with Crippen molar-refractivity contribution in [2.24, 2.45) is 0 Å². The number of nitrogens with zero attached hydrogens (tertiary/aromatic N) is 2. The lowest BCUT2D eigenvalue weighted by Crippen LogP contribution is -2.61. The quantitative estimate of drug-likeness (QED) is 0.137. The van der Waals surface area contributed by atoms with Crippen LogP contribution in [0.3, 0.4) is 0 Å². The molecule has 2 bridgehead atoms. The lowest BCUT2D eigenvalue weighted by atomic mass is 9.79. The Balaban J connectivity index is 1.35. The Hall–Kier alpha value is -4.37.